The molecule has 0 aromatic heterocycles. The molecule has 1 aliphatic heterocycles. The summed E-state index contributed by atoms with van der Waals surface area (Å²) in [6, 6.07) is 24.9. The predicted molar refractivity (Wildman–Crippen MR) is 177 cm³/mol. The second-order valence-electron chi connectivity index (χ2n) is 12.2. The molecule has 2 aliphatic rings. The number of carbonyl (C=O) groups is 1. The second-order valence-corrected chi connectivity index (χ2v) is 14.2. The van der Waals surface area contributed by atoms with Crippen molar-refractivity contribution in [1.29, 1.82) is 0 Å². The minimum Gasteiger partial charge on any atom is -0.445 e. The van der Waals surface area contributed by atoms with Crippen LogP contribution in [0.15, 0.2) is 102 Å². The molecule has 1 saturated carbocycles. The largest absolute Gasteiger partial charge is 0.445 e. The first-order valence-corrected chi connectivity index (χ1v) is 17.2. The second kappa shape index (κ2) is 15.0. The number of likely N-dealkylation sites (tertiary alicyclic amines) is 1. The maximum Gasteiger partial charge on any atom is 0.410 e. The zero-order chi connectivity index (χ0) is 32.7. The van der Waals surface area contributed by atoms with Gasteiger partial charge in [-0.3, -0.25) is 10.1 Å². The third-order valence-corrected chi connectivity index (χ3v) is 11.3. The quantitative estimate of drug-likeness (QED) is 0.133. The van der Waals surface area contributed by atoms with Crippen LogP contribution < -0.4 is 0 Å². The Labute approximate surface area is 271 Å². The molecule has 0 spiro atoms. The molecule has 244 valence electrons. The number of nitro groups is 1. The fraction of sp³-hybridized carbons (Fsp3) is 0.400. The standard InChI is InChI=1S/C35H42N4O6S/c1-3-20-38(35(40)45-26-27-14-16-31(17-15-27)39(41)42)30-18-21-37(22-19-30)25-29-23-32(24-34(29)28-10-6-4-7-11-28)36(2)46(43,44)33-12-8-5-9-13-33/h3-17,29-30,32,34H,1,18-26H2,2H3/t29-,32+,34-/m1/s1. The zero-order valence-electron chi connectivity index (χ0n) is 26.2. The van der Waals surface area contributed by atoms with E-state index in [2.05, 4.69) is 23.6 Å². The van der Waals surface area contributed by atoms with E-state index in [0.717, 1.165) is 45.3 Å². The summed E-state index contributed by atoms with van der Waals surface area (Å²) in [7, 11) is -1.90. The van der Waals surface area contributed by atoms with Crippen LogP contribution in [0.5, 0.6) is 0 Å². The van der Waals surface area contributed by atoms with Crippen molar-refractivity contribution in [3.05, 3.63) is 119 Å². The van der Waals surface area contributed by atoms with Crippen molar-refractivity contribution in [2.45, 2.75) is 55.2 Å². The summed E-state index contributed by atoms with van der Waals surface area (Å²) in [5.41, 5.74) is 1.91. The molecule has 0 bridgehead atoms. The molecule has 3 aromatic rings. The number of benzene rings is 3. The minimum absolute atomic E-state index is 0.00186. The molecule has 1 saturated heterocycles. The Kier molecular flexibility index (Phi) is 10.9. The molecule has 0 N–H and O–H groups in total. The van der Waals surface area contributed by atoms with E-state index in [4.69, 9.17) is 4.74 Å². The molecule has 1 heterocycles. The van der Waals surface area contributed by atoms with Gasteiger partial charge in [-0.05, 0) is 72.9 Å². The van der Waals surface area contributed by atoms with Gasteiger partial charge >= 0.3 is 6.09 Å². The first-order chi connectivity index (χ1) is 22.2. The van der Waals surface area contributed by atoms with Crippen LogP contribution >= 0.6 is 0 Å². The molecule has 1 aliphatic carbocycles. The van der Waals surface area contributed by atoms with Crippen LogP contribution in [0.1, 0.15) is 42.7 Å². The fourth-order valence-corrected chi connectivity index (χ4v) is 8.25. The molecule has 1 amide bonds. The maximum absolute atomic E-state index is 13.5. The first kappa shape index (κ1) is 33.3. The van der Waals surface area contributed by atoms with Crippen molar-refractivity contribution in [3.63, 3.8) is 0 Å². The lowest BCUT2D eigenvalue weighted by atomic mass is 9.88. The van der Waals surface area contributed by atoms with Gasteiger partial charge in [-0.2, -0.15) is 4.31 Å². The molecule has 3 aromatic carbocycles. The average molecular weight is 647 g/mol. The summed E-state index contributed by atoms with van der Waals surface area (Å²) in [6.45, 7) is 6.71. The van der Waals surface area contributed by atoms with Gasteiger partial charge in [-0.15, -0.1) is 6.58 Å². The highest BCUT2D eigenvalue weighted by Gasteiger charge is 2.41. The lowest BCUT2D eigenvalue weighted by Gasteiger charge is -2.39. The lowest BCUT2D eigenvalue weighted by molar-refractivity contribution is -0.384. The van der Waals surface area contributed by atoms with Crippen molar-refractivity contribution in [2.75, 3.05) is 33.2 Å². The molecule has 5 rings (SSSR count). The third kappa shape index (κ3) is 7.83. The van der Waals surface area contributed by atoms with Crippen molar-refractivity contribution >= 4 is 21.8 Å². The van der Waals surface area contributed by atoms with Crippen molar-refractivity contribution in [3.8, 4) is 0 Å². The van der Waals surface area contributed by atoms with Gasteiger partial charge in [-0.1, -0.05) is 54.6 Å². The summed E-state index contributed by atoms with van der Waals surface area (Å²) in [6.07, 6.45) is 4.38. The van der Waals surface area contributed by atoms with Gasteiger partial charge in [0.25, 0.3) is 5.69 Å². The number of hydrogen-bond acceptors (Lipinski definition) is 7. The van der Waals surface area contributed by atoms with Gasteiger partial charge in [0.2, 0.25) is 10.0 Å². The van der Waals surface area contributed by atoms with E-state index >= 15 is 0 Å². The Morgan fingerprint density at radius 1 is 0.978 bits per heavy atom. The Bertz CT molecular complexity index is 1580. The van der Waals surface area contributed by atoms with Crippen LogP contribution in [0, 0.1) is 16.0 Å². The molecule has 2 fully saturated rings. The summed E-state index contributed by atoms with van der Waals surface area (Å²) < 4.78 is 34.1. The van der Waals surface area contributed by atoms with E-state index < -0.39 is 21.0 Å². The Morgan fingerprint density at radius 3 is 2.22 bits per heavy atom. The third-order valence-electron chi connectivity index (χ3n) is 9.39. The molecule has 0 unspecified atom stereocenters. The molecule has 46 heavy (non-hydrogen) atoms. The number of rotatable bonds is 12. The van der Waals surface area contributed by atoms with Gasteiger partial charge in [0.15, 0.2) is 0 Å². The average Bonchev–Trinajstić information content (AvgIpc) is 3.50. The van der Waals surface area contributed by atoms with Gasteiger partial charge < -0.3 is 14.5 Å². The van der Waals surface area contributed by atoms with Crippen molar-refractivity contribution in [2.24, 2.45) is 5.92 Å². The zero-order valence-corrected chi connectivity index (χ0v) is 27.0. The Balaban J connectivity index is 1.20. The number of sulfonamides is 1. The number of nitro benzene ring substituents is 1. The highest BCUT2D eigenvalue weighted by molar-refractivity contribution is 7.89. The van der Waals surface area contributed by atoms with E-state index in [-0.39, 0.29) is 36.2 Å². The number of hydrogen-bond donors (Lipinski definition) is 0. The van der Waals surface area contributed by atoms with Crippen LogP contribution in [0.25, 0.3) is 0 Å². The summed E-state index contributed by atoms with van der Waals surface area (Å²) in [5, 5.41) is 10.9. The Hall–Kier alpha value is -4.06. The summed E-state index contributed by atoms with van der Waals surface area (Å²) in [4.78, 5) is 28.0. The summed E-state index contributed by atoms with van der Waals surface area (Å²) >= 11 is 0. The lowest BCUT2D eigenvalue weighted by Crippen LogP contribution is -2.48. The first-order valence-electron chi connectivity index (χ1n) is 15.8. The number of amides is 1. The van der Waals surface area contributed by atoms with Crippen LogP contribution in [-0.2, 0) is 21.4 Å². The molecular formula is C35H42N4O6S. The van der Waals surface area contributed by atoms with Crippen LogP contribution in [0.3, 0.4) is 0 Å². The highest BCUT2D eigenvalue weighted by Crippen LogP contribution is 2.43. The molecule has 10 nitrogen and oxygen atoms in total. The van der Waals surface area contributed by atoms with E-state index in [9.17, 15) is 23.3 Å². The van der Waals surface area contributed by atoms with Gasteiger partial charge in [0.1, 0.15) is 6.61 Å². The molecule has 11 heteroatoms. The van der Waals surface area contributed by atoms with Gasteiger partial charge in [0.05, 0.1) is 9.82 Å². The van der Waals surface area contributed by atoms with E-state index in [1.54, 1.807) is 58.7 Å². The molecular weight excluding hydrogens is 604 g/mol. The number of piperidine rings is 1. The normalized spacial score (nSPS) is 20.8. The van der Waals surface area contributed by atoms with E-state index in [1.165, 1.54) is 17.7 Å². The summed E-state index contributed by atoms with van der Waals surface area (Å²) in [5.74, 6) is 0.525. The number of non-ortho nitro benzene ring substituents is 1. The number of ether oxygens (including phenoxy) is 1. The van der Waals surface area contributed by atoms with Crippen molar-refractivity contribution < 1.29 is 22.9 Å². The topological polar surface area (TPSA) is 113 Å². The van der Waals surface area contributed by atoms with Crippen LogP contribution in [0.4, 0.5) is 10.5 Å². The van der Waals surface area contributed by atoms with E-state index in [0.29, 0.717) is 17.0 Å². The van der Waals surface area contributed by atoms with E-state index in [1.807, 2.05) is 24.3 Å². The highest BCUT2D eigenvalue weighted by atomic mass is 32.2. The monoisotopic (exact) mass is 646 g/mol. The number of nitrogens with zero attached hydrogens (tertiary/aromatic N) is 4. The maximum atomic E-state index is 13.5. The molecule has 3 atom stereocenters. The van der Waals surface area contributed by atoms with Crippen molar-refractivity contribution in [1.82, 2.24) is 14.1 Å². The number of carbonyl (C=O) groups excluding carboxylic acids is 1. The minimum atomic E-state index is -3.61. The SMILES string of the molecule is C=CCN(C(=O)OCc1ccc([N+](=O)[O-])cc1)C1CCN(C[C@H]2C[C@H](N(C)S(=O)(=O)c3ccccc3)C[C@@H]2c2ccccc2)CC1. The predicted octanol–water partition coefficient (Wildman–Crippen LogP) is 6.07. The van der Waals surface area contributed by atoms with Gasteiger partial charge in [-0.25, -0.2) is 13.2 Å². The van der Waals surface area contributed by atoms with Gasteiger partial charge in [0, 0.05) is 57.4 Å². The van der Waals surface area contributed by atoms with Crippen LogP contribution in [-0.4, -0.2) is 78.8 Å². The molecule has 0 radical (unpaired) electrons. The fourth-order valence-electron chi connectivity index (χ4n) is 6.86. The Morgan fingerprint density at radius 2 is 1.61 bits per heavy atom. The van der Waals surface area contributed by atoms with Crippen LogP contribution in [0.2, 0.25) is 0 Å². The smallest absolute Gasteiger partial charge is 0.410 e.